The number of hydrogen-bond donors (Lipinski definition) is 1. The van der Waals surface area contributed by atoms with Gasteiger partial charge in [0.05, 0.1) is 20.1 Å². The van der Waals surface area contributed by atoms with Crippen LogP contribution in [0.4, 0.5) is 0 Å². The lowest BCUT2D eigenvalue weighted by Crippen LogP contribution is -1.81. The summed E-state index contributed by atoms with van der Waals surface area (Å²) in [6.45, 7) is 0. The summed E-state index contributed by atoms with van der Waals surface area (Å²) in [5.74, 6) is 0.0396. The minimum Gasteiger partial charge on any atom is -0.507 e. The first-order valence-electron chi connectivity index (χ1n) is 4.62. The van der Waals surface area contributed by atoms with Crippen LogP contribution in [0.1, 0.15) is 0 Å². The molecule has 88 valence electrons. The van der Waals surface area contributed by atoms with E-state index in [1.165, 1.54) is 6.07 Å². The minimum atomic E-state index is 0.0396. The largest absolute Gasteiger partial charge is 0.507 e. The molecular formula is C12H6Cl4O. The lowest BCUT2D eigenvalue weighted by Gasteiger charge is -2.08. The number of halogens is 4. The lowest BCUT2D eigenvalue weighted by molar-refractivity contribution is 0.477. The predicted molar refractivity (Wildman–Crippen MR) is 73.6 cm³/mol. The number of phenols is 1. The molecule has 2 rings (SSSR count). The van der Waals surface area contributed by atoms with Crippen molar-refractivity contribution >= 4 is 46.4 Å². The van der Waals surface area contributed by atoms with Gasteiger partial charge in [0.1, 0.15) is 5.75 Å². The summed E-state index contributed by atoms with van der Waals surface area (Å²) in [6.07, 6.45) is 0. The quantitative estimate of drug-likeness (QED) is 0.719. The molecule has 0 aliphatic heterocycles. The van der Waals surface area contributed by atoms with E-state index in [9.17, 15) is 5.11 Å². The molecule has 0 heterocycles. The Morgan fingerprint density at radius 1 is 0.706 bits per heavy atom. The number of phenolic OH excluding ortho intramolecular Hbond substituents is 1. The number of aromatic hydroxyl groups is 1. The first kappa shape index (κ1) is 12.8. The smallest absolute Gasteiger partial charge is 0.124 e. The van der Waals surface area contributed by atoms with Gasteiger partial charge in [-0.15, -0.1) is 0 Å². The van der Waals surface area contributed by atoms with Crippen LogP contribution < -0.4 is 0 Å². The highest BCUT2D eigenvalue weighted by atomic mass is 35.5. The van der Waals surface area contributed by atoms with Gasteiger partial charge in [0.15, 0.2) is 0 Å². The molecule has 5 heteroatoms. The van der Waals surface area contributed by atoms with Crippen LogP contribution in [-0.4, -0.2) is 5.11 Å². The highest BCUT2D eigenvalue weighted by Crippen LogP contribution is 2.38. The van der Waals surface area contributed by atoms with Crippen LogP contribution in [0.25, 0.3) is 11.1 Å². The molecule has 0 radical (unpaired) electrons. The van der Waals surface area contributed by atoms with E-state index in [1.807, 2.05) is 0 Å². The Labute approximate surface area is 118 Å². The Morgan fingerprint density at radius 3 is 1.94 bits per heavy atom. The van der Waals surface area contributed by atoms with Crippen LogP contribution in [0.15, 0.2) is 30.3 Å². The van der Waals surface area contributed by atoms with Gasteiger partial charge in [-0.25, -0.2) is 0 Å². The molecule has 17 heavy (non-hydrogen) atoms. The van der Waals surface area contributed by atoms with Gasteiger partial charge >= 0.3 is 0 Å². The Hall–Kier alpha value is -0.600. The molecule has 0 atom stereocenters. The van der Waals surface area contributed by atoms with E-state index in [0.717, 1.165) is 5.56 Å². The molecule has 0 bridgehead atoms. The van der Waals surface area contributed by atoms with Crippen LogP contribution >= 0.6 is 46.4 Å². The fraction of sp³-hybridized carbons (Fsp3) is 0. The molecule has 2 aromatic rings. The number of hydrogen-bond acceptors (Lipinski definition) is 1. The van der Waals surface area contributed by atoms with E-state index in [4.69, 9.17) is 46.4 Å². The van der Waals surface area contributed by atoms with Gasteiger partial charge in [0.2, 0.25) is 0 Å². The van der Waals surface area contributed by atoms with Crippen LogP contribution in [0, 0.1) is 0 Å². The van der Waals surface area contributed by atoms with Crippen LogP contribution in [0.5, 0.6) is 5.75 Å². The van der Waals surface area contributed by atoms with Crippen molar-refractivity contribution in [2.45, 2.75) is 0 Å². The van der Waals surface area contributed by atoms with Gasteiger partial charge in [-0.2, -0.15) is 0 Å². The van der Waals surface area contributed by atoms with E-state index in [-0.39, 0.29) is 5.75 Å². The first-order chi connectivity index (χ1) is 7.99. The number of rotatable bonds is 1. The summed E-state index contributed by atoms with van der Waals surface area (Å²) < 4.78 is 0. The molecule has 1 N–H and O–H groups in total. The fourth-order valence-corrected chi connectivity index (χ4v) is 2.05. The van der Waals surface area contributed by atoms with E-state index in [2.05, 4.69) is 0 Å². The topological polar surface area (TPSA) is 20.2 Å². The minimum absolute atomic E-state index is 0.0396. The Balaban J connectivity index is 2.60. The molecule has 0 aliphatic carbocycles. The molecule has 0 saturated heterocycles. The van der Waals surface area contributed by atoms with Crippen molar-refractivity contribution in [1.29, 1.82) is 0 Å². The summed E-state index contributed by atoms with van der Waals surface area (Å²) in [7, 11) is 0. The third kappa shape index (κ3) is 2.63. The van der Waals surface area contributed by atoms with E-state index >= 15 is 0 Å². The Morgan fingerprint density at radius 2 is 1.29 bits per heavy atom. The zero-order valence-electron chi connectivity index (χ0n) is 8.35. The maximum Gasteiger partial charge on any atom is 0.124 e. The molecule has 1 nitrogen and oxygen atoms in total. The monoisotopic (exact) mass is 306 g/mol. The fourth-order valence-electron chi connectivity index (χ4n) is 1.43. The summed E-state index contributed by atoms with van der Waals surface area (Å²) >= 11 is 23.4. The van der Waals surface area contributed by atoms with Crippen LogP contribution in [0.3, 0.4) is 0 Å². The van der Waals surface area contributed by atoms with E-state index < -0.39 is 0 Å². The molecule has 0 saturated carbocycles. The maximum atomic E-state index is 9.81. The zero-order chi connectivity index (χ0) is 12.6. The average Bonchev–Trinajstić information content (AvgIpc) is 2.27. The van der Waals surface area contributed by atoms with Crippen molar-refractivity contribution in [1.82, 2.24) is 0 Å². The van der Waals surface area contributed by atoms with Crippen molar-refractivity contribution in [3.05, 3.63) is 50.4 Å². The van der Waals surface area contributed by atoms with Crippen molar-refractivity contribution < 1.29 is 5.11 Å². The first-order valence-corrected chi connectivity index (χ1v) is 6.13. The standard InChI is InChI=1S/C12H6Cl4O/c13-8-2-1-6(3-9(8)14)7-4-10(15)11(16)5-12(7)17/h1-5,17H. The van der Waals surface area contributed by atoms with Gasteiger partial charge in [-0.3, -0.25) is 0 Å². The second kappa shape index (κ2) is 4.95. The van der Waals surface area contributed by atoms with Crippen molar-refractivity contribution in [3.8, 4) is 16.9 Å². The third-order valence-corrected chi connectivity index (χ3v) is 3.73. The highest BCUT2D eigenvalue weighted by Gasteiger charge is 2.10. The molecule has 0 aromatic heterocycles. The van der Waals surface area contributed by atoms with Gasteiger partial charge in [-0.1, -0.05) is 52.5 Å². The maximum absolute atomic E-state index is 9.81. The lowest BCUT2D eigenvalue weighted by atomic mass is 10.0. The zero-order valence-corrected chi connectivity index (χ0v) is 11.4. The number of benzene rings is 2. The molecule has 0 fully saturated rings. The van der Waals surface area contributed by atoms with Gasteiger partial charge in [0.25, 0.3) is 0 Å². The summed E-state index contributed by atoms with van der Waals surface area (Å²) in [5.41, 5.74) is 1.27. The molecular weight excluding hydrogens is 302 g/mol. The average molecular weight is 308 g/mol. The van der Waals surface area contributed by atoms with Gasteiger partial charge in [0, 0.05) is 11.6 Å². The predicted octanol–water partition coefficient (Wildman–Crippen LogP) is 5.67. The van der Waals surface area contributed by atoms with E-state index in [1.54, 1.807) is 24.3 Å². The van der Waals surface area contributed by atoms with E-state index in [0.29, 0.717) is 25.7 Å². The summed E-state index contributed by atoms with van der Waals surface area (Å²) in [6, 6.07) is 8.03. The third-order valence-electron chi connectivity index (χ3n) is 2.27. The molecule has 0 spiro atoms. The van der Waals surface area contributed by atoms with Crippen molar-refractivity contribution in [2.75, 3.05) is 0 Å². The Kier molecular flexibility index (Phi) is 3.74. The molecule has 0 unspecified atom stereocenters. The van der Waals surface area contributed by atoms with Crippen molar-refractivity contribution in [2.24, 2.45) is 0 Å². The van der Waals surface area contributed by atoms with Gasteiger partial charge < -0.3 is 5.11 Å². The van der Waals surface area contributed by atoms with Crippen LogP contribution in [0.2, 0.25) is 20.1 Å². The highest BCUT2D eigenvalue weighted by molar-refractivity contribution is 6.43. The van der Waals surface area contributed by atoms with Crippen molar-refractivity contribution in [3.63, 3.8) is 0 Å². The SMILES string of the molecule is Oc1cc(Cl)c(Cl)cc1-c1ccc(Cl)c(Cl)c1. The second-order valence-corrected chi connectivity index (χ2v) is 5.04. The molecule has 0 amide bonds. The van der Waals surface area contributed by atoms with Gasteiger partial charge in [-0.05, 0) is 23.8 Å². The summed E-state index contributed by atoms with van der Waals surface area (Å²) in [4.78, 5) is 0. The molecule has 0 aliphatic rings. The van der Waals surface area contributed by atoms with Crippen LogP contribution in [-0.2, 0) is 0 Å². The second-order valence-electron chi connectivity index (χ2n) is 3.41. The molecule has 2 aromatic carbocycles. The summed E-state index contributed by atoms with van der Waals surface area (Å²) in [5, 5.41) is 11.3. The Bertz CT molecular complexity index is 581. The normalized spacial score (nSPS) is 10.6.